The van der Waals surface area contributed by atoms with Gasteiger partial charge in [-0.1, -0.05) is 44.2 Å². The summed E-state index contributed by atoms with van der Waals surface area (Å²) in [5.41, 5.74) is -4.30. The van der Waals surface area contributed by atoms with Crippen LogP contribution in [0.4, 0.5) is 13.2 Å². The van der Waals surface area contributed by atoms with Crippen LogP contribution in [0.25, 0.3) is 0 Å². The van der Waals surface area contributed by atoms with Crippen LogP contribution in [0.2, 0.25) is 0 Å². The summed E-state index contributed by atoms with van der Waals surface area (Å²) in [5, 5.41) is 1.93. The van der Waals surface area contributed by atoms with Crippen LogP contribution < -0.4 is 10.1 Å². The van der Waals surface area contributed by atoms with Crippen molar-refractivity contribution in [3.63, 3.8) is 0 Å². The molecular formula is C26H25F3N2O4. The second-order valence-electron chi connectivity index (χ2n) is 9.57. The van der Waals surface area contributed by atoms with Crippen molar-refractivity contribution in [3.8, 4) is 5.75 Å². The number of benzene rings is 2. The summed E-state index contributed by atoms with van der Waals surface area (Å²) in [6.07, 6.45) is -5.34. The van der Waals surface area contributed by atoms with E-state index in [1.807, 2.05) is 5.32 Å². The molecule has 2 aliphatic rings. The van der Waals surface area contributed by atoms with E-state index in [2.05, 4.69) is 0 Å². The standard InChI is InChI=1S/C26H25F3N2O4/c1-24(2)13-19-21(20(32)14-24)25(26(27,28)29,23(34)31(19)15-16-7-5-4-6-8-16)30-22(33)17-9-11-18(35-3)12-10-17/h4-12H,13-15H2,1-3H3,(H,30,33)/t25-/m0/s1. The number of carbonyl (C=O) groups is 3. The number of Topliss-reactive ketones (excluding diaryl/α,β-unsaturated/α-hetero) is 1. The van der Waals surface area contributed by atoms with Gasteiger partial charge in [-0.25, -0.2) is 0 Å². The number of hydrogen-bond acceptors (Lipinski definition) is 4. The summed E-state index contributed by atoms with van der Waals surface area (Å²) in [7, 11) is 1.41. The molecule has 1 heterocycles. The number of carbonyl (C=O) groups excluding carboxylic acids is 3. The van der Waals surface area contributed by atoms with Crippen molar-refractivity contribution < 1.29 is 32.3 Å². The van der Waals surface area contributed by atoms with Crippen LogP contribution in [-0.2, 0) is 16.1 Å². The minimum Gasteiger partial charge on any atom is -0.497 e. The van der Waals surface area contributed by atoms with Gasteiger partial charge in [0.05, 0.1) is 19.2 Å². The van der Waals surface area contributed by atoms with Gasteiger partial charge in [0.15, 0.2) is 5.78 Å². The zero-order valence-corrected chi connectivity index (χ0v) is 19.5. The largest absolute Gasteiger partial charge is 0.497 e. The average molecular weight is 486 g/mol. The van der Waals surface area contributed by atoms with E-state index >= 15 is 0 Å². The molecule has 1 atom stereocenters. The summed E-state index contributed by atoms with van der Waals surface area (Å²) in [6, 6.07) is 14.0. The van der Waals surface area contributed by atoms with Gasteiger partial charge in [-0.3, -0.25) is 14.4 Å². The first kappa shape index (κ1) is 24.5. The van der Waals surface area contributed by atoms with Crippen molar-refractivity contribution in [1.29, 1.82) is 0 Å². The van der Waals surface area contributed by atoms with Crippen LogP contribution in [0, 0.1) is 5.41 Å². The predicted molar refractivity (Wildman–Crippen MR) is 121 cm³/mol. The number of halogens is 3. The molecule has 0 spiro atoms. The van der Waals surface area contributed by atoms with Gasteiger partial charge in [-0.2, -0.15) is 13.2 Å². The van der Waals surface area contributed by atoms with E-state index in [4.69, 9.17) is 4.74 Å². The normalized spacial score (nSPS) is 21.7. The van der Waals surface area contributed by atoms with Gasteiger partial charge in [0.1, 0.15) is 5.75 Å². The van der Waals surface area contributed by atoms with Crippen LogP contribution in [0.5, 0.6) is 5.75 Å². The van der Waals surface area contributed by atoms with E-state index in [0.717, 1.165) is 4.90 Å². The second kappa shape index (κ2) is 8.55. The number of amides is 2. The lowest BCUT2D eigenvalue weighted by molar-refractivity contribution is -0.190. The molecule has 0 radical (unpaired) electrons. The fraction of sp³-hybridized carbons (Fsp3) is 0.346. The monoisotopic (exact) mass is 486 g/mol. The highest BCUT2D eigenvalue weighted by Crippen LogP contribution is 2.52. The van der Waals surface area contributed by atoms with Crippen molar-refractivity contribution in [2.75, 3.05) is 7.11 Å². The third-order valence-corrected chi connectivity index (χ3v) is 6.38. The molecule has 2 amide bonds. The van der Waals surface area contributed by atoms with Gasteiger partial charge < -0.3 is 15.0 Å². The topological polar surface area (TPSA) is 75.7 Å². The number of nitrogens with zero attached hydrogens (tertiary/aromatic N) is 1. The summed E-state index contributed by atoms with van der Waals surface area (Å²) < 4.78 is 49.5. The summed E-state index contributed by atoms with van der Waals surface area (Å²) >= 11 is 0. The highest BCUT2D eigenvalue weighted by molar-refractivity contribution is 6.14. The summed E-state index contributed by atoms with van der Waals surface area (Å²) in [4.78, 5) is 40.9. The lowest BCUT2D eigenvalue weighted by Crippen LogP contribution is -2.66. The lowest BCUT2D eigenvalue weighted by Gasteiger charge is -2.35. The van der Waals surface area contributed by atoms with Gasteiger partial charge in [-0.05, 0) is 41.7 Å². The first-order valence-electron chi connectivity index (χ1n) is 11.1. The Balaban J connectivity index is 1.84. The zero-order valence-electron chi connectivity index (χ0n) is 19.5. The quantitative estimate of drug-likeness (QED) is 0.679. The molecule has 6 nitrogen and oxygen atoms in total. The maximum Gasteiger partial charge on any atom is 0.425 e. The highest BCUT2D eigenvalue weighted by Gasteiger charge is 2.71. The Morgan fingerprint density at radius 1 is 1.03 bits per heavy atom. The molecule has 184 valence electrons. The predicted octanol–water partition coefficient (Wildman–Crippen LogP) is 4.41. The van der Waals surface area contributed by atoms with Crippen molar-refractivity contribution in [2.24, 2.45) is 5.41 Å². The third kappa shape index (κ3) is 4.19. The number of ether oxygens (including phenoxy) is 1. The number of nitrogens with one attached hydrogen (secondary N) is 1. The van der Waals surface area contributed by atoms with E-state index in [1.165, 1.54) is 31.4 Å². The highest BCUT2D eigenvalue weighted by atomic mass is 19.4. The number of hydrogen-bond donors (Lipinski definition) is 1. The lowest BCUT2D eigenvalue weighted by atomic mass is 9.72. The Kier molecular flexibility index (Phi) is 5.99. The number of allylic oxidation sites excluding steroid dienone is 1. The Hall–Kier alpha value is -3.62. The van der Waals surface area contributed by atoms with Crippen LogP contribution in [0.15, 0.2) is 65.9 Å². The van der Waals surface area contributed by atoms with Crippen molar-refractivity contribution in [2.45, 2.75) is 44.9 Å². The van der Waals surface area contributed by atoms with E-state index < -0.39 is 40.3 Å². The van der Waals surface area contributed by atoms with Gasteiger partial charge >= 0.3 is 6.18 Å². The molecule has 9 heteroatoms. The van der Waals surface area contributed by atoms with E-state index in [9.17, 15) is 27.6 Å². The second-order valence-corrected chi connectivity index (χ2v) is 9.57. The molecular weight excluding hydrogens is 461 g/mol. The Morgan fingerprint density at radius 2 is 1.66 bits per heavy atom. The van der Waals surface area contributed by atoms with Gasteiger partial charge in [-0.15, -0.1) is 0 Å². The molecule has 4 rings (SSSR count). The first-order chi connectivity index (χ1) is 16.4. The number of methoxy groups -OCH3 is 1. The van der Waals surface area contributed by atoms with Crippen molar-refractivity contribution in [3.05, 3.63) is 77.0 Å². The molecule has 2 aromatic carbocycles. The summed E-state index contributed by atoms with van der Waals surface area (Å²) in [6.45, 7) is 3.38. The number of ketones is 1. The maximum atomic E-state index is 14.8. The smallest absolute Gasteiger partial charge is 0.425 e. The molecule has 2 aromatic rings. The van der Waals surface area contributed by atoms with Crippen LogP contribution in [-0.4, -0.2) is 41.3 Å². The maximum absolute atomic E-state index is 14.8. The first-order valence-corrected chi connectivity index (χ1v) is 11.1. The molecule has 35 heavy (non-hydrogen) atoms. The van der Waals surface area contributed by atoms with Crippen molar-refractivity contribution in [1.82, 2.24) is 10.2 Å². The molecule has 0 aromatic heterocycles. The zero-order chi connectivity index (χ0) is 25.6. The Labute approximate surface area is 200 Å². The van der Waals surface area contributed by atoms with Crippen LogP contribution in [0.3, 0.4) is 0 Å². The average Bonchev–Trinajstić information content (AvgIpc) is 3.02. The fourth-order valence-electron chi connectivity index (χ4n) is 4.74. The van der Waals surface area contributed by atoms with E-state index in [0.29, 0.717) is 11.3 Å². The van der Waals surface area contributed by atoms with Gasteiger partial charge in [0, 0.05) is 17.7 Å². The minimum absolute atomic E-state index is 0.00691. The molecule has 1 aliphatic heterocycles. The Bertz CT molecular complexity index is 1200. The van der Waals surface area contributed by atoms with E-state index in [-0.39, 0.29) is 30.6 Å². The minimum atomic E-state index is -5.25. The SMILES string of the molecule is COc1ccc(C(=O)N[C@]2(C(F)(F)F)C(=O)N(Cc3ccccc3)C3=C2C(=O)CC(C)(C)C3)cc1. The molecule has 0 bridgehead atoms. The molecule has 0 saturated carbocycles. The molecule has 1 N–H and O–H groups in total. The summed E-state index contributed by atoms with van der Waals surface area (Å²) in [5.74, 6) is -2.89. The fourth-order valence-corrected chi connectivity index (χ4v) is 4.74. The Morgan fingerprint density at radius 3 is 2.23 bits per heavy atom. The van der Waals surface area contributed by atoms with E-state index in [1.54, 1.807) is 44.2 Å². The van der Waals surface area contributed by atoms with Crippen LogP contribution in [0.1, 0.15) is 42.6 Å². The van der Waals surface area contributed by atoms with Crippen LogP contribution >= 0.6 is 0 Å². The third-order valence-electron chi connectivity index (χ3n) is 6.38. The van der Waals surface area contributed by atoms with Gasteiger partial charge in [0.25, 0.3) is 11.8 Å². The number of rotatable bonds is 5. The number of alkyl halides is 3. The molecule has 1 aliphatic carbocycles. The van der Waals surface area contributed by atoms with Crippen molar-refractivity contribution >= 4 is 17.6 Å². The molecule has 0 fully saturated rings. The van der Waals surface area contributed by atoms with Gasteiger partial charge in [0.2, 0.25) is 5.54 Å². The molecule has 0 saturated heterocycles. The molecule has 0 unspecified atom stereocenters.